The Bertz CT molecular complexity index is 874. The lowest BCUT2D eigenvalue weighted by atomic mass is 10.2. The molecule has 0 bridgehead atoms. The highest BCUT2D eigenvalue weighted by atomic mass is 35.5. The molecule has 0 unspecified atom stereocenters. The first-order valence-electron chi connectivity index (χ1n) is 7.29. The lowest BCUT2D eigenvalue weighted by Crippen LogP contribution is -2.01. The number of benzene rings is 2. The molecule has 2 aromatic carbocycles. The van der Waals surface area contributed by atoms with Crippen LogP contribution in [0.4, 0.5) is 0 Å². The number of halogens is 2. The van der Waals surface area contributed by atoms with Gasteiger partial charge in [0.25, 0.3) is 0 Å². The number of hydrogen-bond acceptors (Lipinski definition) is 5. The molecule has 7 heteroatoms. The van der Waals surface area contributed by atoms with Crippen LogP contribution in [0.25, 0.3) is 0 Å². The summed E-state index contributed by atoms with van der Waals surface area (Å²) in [5, 5.41) is 1.26. The van der Waals surface area contributed by atoms with Crippen molar-refractivity contribution in [2.75, 3.05) is 0 Å². The molecule has 0 atom stereocenters. The van der Waals surface area contributed by atoms with Gasteiger partial charge in [0.2, 0.25) is 5.12 Å². The molecule has 1 heterocycles. The average molecular weight is 407 g/mol. The van der Waals surface area contributed by atoms with E-state index in [4.69, 9.17) is 23.2 Å². The van der Waals surface area contributed by atoms with Gasteiger partial charge in [0, 0.05) is 15.7 Å². The zero-order valence-corrected chi connectivity index (χ0v) is 16.0. The van der Waals surface area contributed by atoms with Crippen LogP contribution in [-0.4, -0.2) is 15.1 Å². The minimum Gasteiger partial charge on any atom is -0.279 e. The summed E-state index contributed by atoms with van der Waals surface area (Å²) in [5.41, 5.74) is 1.32. The van der Waals surface area contributed by atoms with Gasteiger partial charge in [0.05, 0.1) is 11.2 Å². The van der Waals surface area contributed by atoms with Crippen molar-refractivity contribution in [1.82, 2.24) is 9.97 Å². The number of aromatic nitrogens is 2. The van der Waals surface area contributed by atoms with Crippen molar-refractivity contribution in [2.45, 2.75) is 15.8 Å². The molecule has 0 N–H and O–H groups in total. The minimum atomic E-state index is -0.202. The van der Waals surface area contributed by atoms with Crippen LogP contribution < -0.4 is 0 Å². The maximum atomic E-state index is 12.5. The van der Waals surface area contributed by atoms with Gasteiger partial charge >= 0.3 is 0 Å². The molecule has 0 fully saturated rings. The summed E-state index contributed by atoms with van der Waals surface area (Å²) in [5.74, 6) is 0.679. The molecule has 25 heavy (non-hydrogen) atoms. The van der Waals surface area contributed by atoms with Crippen molar-refractivity contribution in [3.05, 3.63) is 82.1 Å². The highest BCUT2D eigenvalue weighted by Crippen LogP contribution is 2.27. The number of carbonyl (C=O) groups is 1. The van der Waals surface area contributed by atoms with E-state index in [0.29, 0.717) is 15.9 Å². The second-order valence-corrected chi connectivity index (χ2v) is 7.80. The fraction of sp³-hybridized carbons (Fsp3) is 0.0556. The van der Waals surface area contributed by atoms with Crippen molar-refractivity contribution < 1.29 is 4.79 Å². The Morgan fingerprint density at radius 2 is 1.72 bits per heavy atom. The SMILES string of the molecule is O=C(Sc1ccccc1)c1nc(SCc2ccc(Cl)cc2)ncc1Cl. The van der Waals surface area contributed by atoms with Gasteiger partial charge in [-0.3, -0.25) is 4.79 Å². The lowest BCUT2D eigenvalue weighted by molar-refractivity contribution is 0.108. The Balaban J connectivity index is 1.71. The molecule has 1 aromatic heterocycles. The summed E-state index contributed by atoms with van der Waals surface area (Å²) in [6, 6.07) is 17.0. The number of hydrogen-bond donors (Lipinski definition) is 0. The predicted octanol–water partition coefficient (Wildman–Crippen LogP) is 6.01. The first-order valence-corrected chi connectivity index (χ1v) is 9.84. The van der Waals surface area contributed by atoms with Crippen LogP contribution in [-0.2, 0) is 5.75 Å². The van der Waals surface area contributed by atoms with Crippen LogP contribution in [0.2, 0.25) is 10.0 Å². The molecule has 3 rings (SSSR count). The third kappa shape index (κ3) is 5.22. The zero-order valence-electron chi connectivity index (χ0n) is 12.9. The molecule has 0 saturated heterocycles. The van der Waals surface area contributed by atoms with Gasteiger partial charge in [-0.2, -0.15) is 0 Å². The summed E-state index contributed by atoms with van der Waals surface area (Å²) in [6.07, 6.45) is 1.47. The highest BCUT2D eigenvalue weighted by molar-refractivity contribution is 8.14. The Morgan fingerprint density at radius 3 is 2.44 bits per heavy atom. The summed E-state index contributed by atoms with van der Waals surface area (Å²) in [4.78, 5) is 21.8. The number of carbonyl (C=O) groups excluding carboxylic acids is 1. The van der Waals surface area contributed by atoms with Gasteiger partial charge in [-0.25, -0.2) is 9.97 Å². The molecule has 0 aliphatic heterocycles. The van der Waals surface area contributed by atoms with E-state index >= 15 is 0 Å². The van der Waals surface area contributed by atoms with Crippen LogP contribution in [0, 0.1) is 0 Å². The molecule has 0 saturated carbocycles. The van der Waals surface area contributed by atoms with Gasteiger partial charge in [0.15, 0.2) is 5.16 Å². The van der Waals surface area contributed by atoms with E-state index in [0.717, 1.165) is 22.2 Å². The maximum Gasteiger partial charge on any atom is 0.244 e. The van der Waals surface area contributed by atoms with E-state index in [2.05, 4.69) is 9.97 Å². The fourth-order valence-corrected chi connectivity index (χ4v) is 3.83. The third-order valence-electron chi connectivity index (χ3n) is 3.15. The molecule has 0 amide bonds. The molecular weight excluding hydrogens is 395 g/mol. The van der Waals surface area contributed by atoms with Crippen LogP contribution in [0.1, 0.15) is 16.1 Å². The van der Waals surface area contributed by atoms with Gasteiger partial charge in [-0.05, 0) is 41.6 Å². The topological polar surface area (TPSA) is 42.9 Å². The second-order valence-electron chi connectivity index (χ2n) is 4.97. The van der Waals surface area contributed by atoms with Crippen molar-refractivity contribution in [2.24, 2.45) is 0 Å². The van der Waals surface area contributed by atoms with E-state index in [1.165, 1.54) is 18.0 Å². The molecule has 0 aliphatic carbocycles. The van der Waals surface area contributed by atoms with E-state index in [1.807, 2.05) is 54.6 Å². The van der Waals surface area contributed by atoms with E-state index in [9.17, 15) is 4.79 Å². The molecular formula is C18H12Cl2N2OS2. The quantitative estimate of drug-likeness (QED) is 0.383. The third-order valence-corrected chi connectivity index (χ3v) is 5.50. The van der Waals surface area contributed by atoms with Crippen molar-refractivity contribution in [1.29, 1.82) is 0 Å². The van der Waals surface area contributed by atoms with Gasteiger partial charge in [0.1, 0.15) is 5.69 Å². The van der Waals surface area contributed by atoms with Crippen LogP contribution in [0.5, 0.6) is 0 Å². The lowest BCUT2D eigenvalue weighted by Gasteiger charge is -2.05. The van der Waals surface area contributed by atoms with Crippen molar-refractivity contribution in [3.63, 3.8) is 0 Å². The predicted molar refractivity (Wildman–Crippen MR) is 105 cm³/mol. The average Bonchev–Trinajstić information content (AvgIpc) is 2.63. The van der Waals surface area contributed by atoms with Gasteiger partial charge in [-0.15, -0.1) is 0 Å². The molecule has 3 aromatic rings. The molecule has 3 nitrogen and oxygen atoms in total. The number of rotatable bonds is 5. The monoisotopic (exact) mass is 406 g/mol. The normalized spacial score (nSPS) is 10.6. The smallest absolute Gasteiger partial charge is 0.244 e. The van der Waals surface area contributed by atoms with Gasteiger partial charge in [-0.1, -0.05) is 65.3 Å². The highest BCUT2D eigenvalue weighted by Gasteiger charge is 2.16. The van der Waals surface area contributed by atoms with Crippen molar-refractivity contribution in [3.8, 4) is 0 Å². The summed E-state index contributed by atoms with van der Waals surface area (Å²) in [7, 11) is 0. The van der Waals surface area contributed by atoms with E-state index < -0.39 is 0 Å². The summed E-state index contributed by atoms with van der Waals surface area (Å²) < 4.78 is 0. The Labute approximate surface area is 164 Å². The Kier molecular flexibility index (Phi) is 6.37. The molecule has 0 aliphatic rings. The first-order chi connectivity index (χ1) is 12.1. The fourth-order valence-electron chi connectivity index (χ4n) is 1.94. The molecule has 126 valence electrons. The van der Waals surface area contributed by atoms with Crippen LogP contribution >= 0.6 is 46.7 Å². The standard InChI is InChI=1S/C18H12Cl2N2OS2/c19-13-8-6-12(7-9-13)11-24-18-21-10-15(20)16(22-18)17(23)25-14-4-2-1-3-5-14/h1-10H,11H2. The maximum absolute atomic E-state index is 12.5. The summed E-state index contributed by atoms with van der Waals surface area (Å²) >= 11 is 14.5. The molecule has 0 spiro atoms. The van der Waals surface area contributed by atoms with E-state index in [1.54, 1.807) is 0 Å². The minimum absolute atomic E-state index is 0.202. The Hall–Kier alpha value is -1.53. The second kappa shape index (κ2) is 8.72. The van der Waals surface area contributed by atoms with Crippen LogP contribution in [0.15, 0.2) is 70.8 Å². The molecule has 0 radical (unpaired) electrons. The van der Waals surface area contributed by atoms with Crippen LogP contribution in [0.3, 0.4) is 0 Å². The largest absolute Gasteiger partial charge is 0.279 e. The van der Waals surface area contributed by atoms with Crippen molar-refractivity contribution >= 4 is 51.8 Å². The van der Waals surface area contributed by atoms with E-state index in [-0.39, 0.29) is 15.8 Å². The Morgan fingerprint density at radius 1 is 1.00 bits per heavy atom. The number of thioether (sulfide) groups is 2. The first kappa shape index (κ1) is 18.3. The number of nitrogens with zero attached hydrogens (tertiary/aromatic N) is 2. The zero-order chi connectivity index (χ0) is 17.6. The van der Waals surface area contributed by atoms with Gasteiger partial charge < -0.3 is 0 Å². The summed E-state index contributed by atoms with van der Waals surface area (Å²) in [6.45, 7) is 0.